The zero-order valence-electron chi connectivity index (χ0n) is 11.5. The lowest BCUT2D eigenvalue weighted by atomic mass is 10.3. The lowest BCUT2D eigenvalue weighted by Gasteiger charge is -2.00. The molecule has 102 valence electrons. The Morgan fingerprint density at radius 2 is 2.32 bits per heavy atom. The van der Waals surface area contributed by atoms with Gasteiger partial charge in [-0.2, -0.15) is 5.10 Å². The highest BCUT2D eigenvalue weighted by Gasteiger charge is 2.36. The Morgan fingerprint density at radius 3 is 3.00 bits per heavy atom. The maximum absolute atomic E-state index is 5.84. The Bertz CT molecular complexity index is 545. The normalized spacial score (nSPS) is 21.8. The van der Waals surface area contributed by atoms with E-state index in [4.69, 9.17) is 4.42 Å². The first-order valence-electron chi connectivity index (χ1n) is 6.86. The van der Waals surface area contributed by atoms with Gasteiger partial charge in [-0.25, -0.2) is 4.98 Å². The van der Waals surface area contributed by atoms with E-state index in [9.17, 15) is 0 Å². The van der Waals surface area contributed by atoms with Crippen molar-refractivity contribution in [3.63, 3.8) is 0 Å². The van der Waals surface area contributed by atoms with Crippen LogP contribution < -0.4 is 5.32 Å². The van der Waals surface area contributed by atoms with Crippen LogP contribution in [0.15, 0.2) is 22.9 Å². The standard InChI is InChI=1S/C14H20N4O/c1-10-7-12(10)13-4-3-11(19-13)8-15-6-5-14-16-9-18(2)17-14/h3-4,9-10,12,15H,5-8H2,1-2H3. The van der Waals surface area contributed by atoms with Crippen molar-refractivity contribution in [2.24, 2.45) is 13.0 Å². The first-order chi connectivity index (χ1) is 9.22. The third-order valence-electron chi connectivity index (χ3n) is 3.63. The van der Waals surface area contributed by atoms with Crippen LogP contribution in [-0.2, 0) is 20.0 Å². The van der Waals surface area contributed by atoms with E-state index in [0.717, 1.165) is 42.8 Å². The van der Waals surface area contributed by atoms with Gasteiger partial charge in [0.1, 0.15) is 17.8 Å². The molecule has 2 heterocycles. The van der Waals surface area contributed by atoms with Crippen LogP contribution in [-0.4, -0.2) is 21.3 Å². The number of aryl methyl sites for hydroxylation is 1. The number of hydrogen-bond donors (Lipinski definition) is 1. The molecular formula is C14H20N4O. The van der Waals surface area contributed by atoms with Crippen molar-refractivity contribution in [1.82, 2.24) is 20.1 Å². The topological polar surface area (TPSA) is 55.9 Å². The Morgan fingerprint density at radius 1 is 1.47 bits per heavy atom. The number of furan rings is 1. The molecule has 2 aromatic heterocycles. The predicted molar refractivity (Wildman–Crippen MR) is 71.6 cm³/mol. The highest BCUT2D eigenvalue weighted by Crippen LogP contribution is 2.47. The zero-order valence-corrected chi connectivity index (χ0v) is 11.5. The summed E-state index contributed by atoms with van der Waals surface area (Å²) in [6.45, 7) is 3.90. The van der Waals surface area contributed by atoms with Crippen molar-refractivity contribution < 1.29 is 4.42 Å². The fourth-order valence-electron chi connectivity index (χ4n) is 2.32. The van der Waals surface area contributed by atoms with E-state index in [-0.39, 0.29) is 0 Å². The van der Waals surface area contributed by atoms with Gasteiger partial charge in [-0.3, -0.25) is 4.68 Å². The number of nitrogens with zero attached hydrogens (tertiary/aromatic N) is 3. The molecule has 0 amide bonds. The number of nitrogens with one attached hydrogen (secondary N) is 1. The maximum Gasteiger partial charge on any atom is 0.151 e. The molecule has 1 aliphatic rings. The molecule has 5 nitrogen and oxygen atoms in total. The van der Waals surface area contributed by atoms with Gasteiger partial charge in [0, 0.05) is 25.9 Å². The summed E-state index contributed by atoms with van der Waals surface area (Å²) in [5.74, 6) is 4.49. The Kier molecular flexibility index (Phi) is 3.38. The Labute approximate surface area is 113 Å². The van der Waals surface area contributed by atoms with E-state index in [2.05, 4.69) is 34.5 Å². The second-order valence-corrected chi connectivity index (χ2v) is 5.38. The summed E-state index contributed by atoms with van der Waals surface area (Å²) < 4.78 is 7.56. The number of hydrogen-bond acceptors (Lipinski definition) is 4. The van der Waals surface area contributed by atoms with E-state index < -0.39 is 0 Å². The van der Waals surface area contributed by atoms with Crippen molar-refractivity contribution in [3.05, 3.63) is 35.8 Å². The van der Waals surface area contributed by atoms with Crippen LogP contribution in [0.1, 0.15) is 36.6 Å². The van der Waals surface area contributed by atoms with Gasteiger partial charge in [0.2, 0.25) is 0 Å². The molecule has 0 aliphatic heterocycles. The second kappa shape index (κ2) is 5.17. The lowest BCUT2D eigenvalue weighted by Crippen LogP contribution is -2.16. The van der Waals surface area contributed by atoms with Crippen LogP contribution in [0, 0.1) is 5.92 Å². The molecule has 1 N–H and O–H groups in total. The first-order valence-corrected chi connectivity index (χ1v) is 6.86. The summed E-state index contributed by atoms with van der Waals surface area (Å²) in [7, 11) is 1.88. The van der Waals surface area contributed by atoms with Crippen molar-refractivity contribution in [2.45, 2.75) is 32.2 Å². The van der Waals surface area contributed by atoms with Gasteiger partial charge in [-0.1, -0.05) is 6.92 Å². The van der Waals surface area contributed by atoms with E-state index >= 15 is 0 Å². The van der Waals surface area contributed by atoms with Crippen LogP contribution in [0.2, 0.25) is 0 Å². The monoisotopic (exact) mass is 260 g/mol. The molecule has 2 atom stereocenters. The average molecular weight is 260 g/mol. The highest BCUT2D eigenvalue weighted by atomic mass is 16.3. The SMILES string of the molecule is CC1CC1c1ccc(CNCCc2ncn(C)n2)o1. The van der Waals surface area contributed by atoms with Crippen molar-refractivity contribution >= 4 is 0 Å². The quantitative estimate of drug-likeness (QED) is 0.806. The van der Waals surface area contributed by atoms with Gasteiger partial charge in [-0.15, -0.1) is 0 Å². The third-order valence-corrected chi connectivity index (χ3v) is 3.63. The molecule has 1 fully saturated rings. The van der Waals surface area contributed by atoms with Crippen molar-refractivity contribution in [1.29, 1.82) is 0 Å². The molecule has 2 aromatic rings. The number of rotatable bonds is 6. The average Bonchev–Trinajstić information content (AvgIpc) is 2.80. The summed E-state index contributed by atoms with van der Waals surface area (Å²) in [6, 6.07) is 4.19. The molecule has 19 heavy (non-hydrogen) atoms. The second-order valence-electron chi connectivity index (χ2n) is 5.38. The van der Waals surface area contributed by atoms with Crippen molar-refractivity contribution in [2.75, 3.05) is 6.54 Å². The van der Waals surface area contributed by atoms with Crippen LogP contribution in [0.25, 0.3) is 0 Å². The number of aromatic nitrogens is 3. The first kappa shape index (κ1) is 12.4. The smallest absolute Gasteiger partial charge is 0.151 e. The van der Waals surface area contributed by atoms with Crippen LogP contribution in [0.4, 0.5) is 0 Å². The molecule has 5 heteroatoms. The zero-order chi connectivity index (χ0) is 13.2. The molecule has 0 saturated heterocycles. The molecule has 0 aromatic carbocycles. The van der Waals surface area contributed by atoms with E-state index in [1.807, 2.05) is 7.05 Å². The Balaban J connectivity index is 1.41. The van der Waals surface area contributed by atoms with Crippen molar-refractivity contribution in [3.8, 4) is 0 Å². The van der Waals surface area contributed by atoms with Crippen LogP contribution in [0.5, 0.6) is 0 Å². The van der Waals surface area contributed by atoms with Gasteiger partial charge in [-0.05, 0) is 24.5 Å². The summed E-state index contributed by atoms with van der Waals surface area (Å²) in [5.41, 5.74) is 0. The van der Waals surface area contributed by atoms with E-state index in [1.54, 1.807) is 11.0 Å². The third kappa shape index (κ3) is 3.04. The molecule has 2 unspecified atom stereocenters. The fraction of sp³-hybridized carbons (Fsp3) is 0.571. The summed E-state index contributed by atoms with van der Waals surface area (Å²) >= 11 is 0. The van der Waals surface area contributed by atoms with Crippen LogP contribution >= 0.6 is 0 Å². The van der Waals surface area contributed by atoms with Crippen LogP contribution in [0.3, 0.4) is 0 Å². The van der Waals surface area contributed by atoms with E-state index in [1.165, 1.54) is 6.42 Å². The van der Waals surface area contributed by atoms with E-state index in [0.29, 0.717) is 5.92 Å². The maximum atomic E-state index is 5.84. The van der Waals surface area contributed by atoms with Gasteiger partial charge >= 0.3 is 0 Å². The summed E-state index contributed by atoms with van der Waals surface area (Å²) in [6.07, 6.45) is 3.84. The molecule has 0 bridgehead atoms. The summed E-state index contributed by atoms with van der Waals surface area (Å²) in [5, 5.41) is 7.60. The molecule has 0 spiro atoms. The largest absolute Gasteiger partial charge is 0.464 e. The predicted octanol–water partition coefficient (Wildman–Crippen LogP) is 1.86. The Hall–Kier alpha value is -1.62. The van der Waals surface area contributed by atoms with Gasteiger partial charge < -0.3 is 9.73 Å². The minimum Gasteiger partial charge on any atom is -0.464 e. The van der Waals surface area contributed by atoms with Gasteiger partial charge in [0.05, 0.1) is 6.54 Å². The highest BCUT2D eigenvalue weighted by molar-refractivity contribution is 5.17. The molecule has 3 rings (SSSR count). The minimum atomic E-state index is 0.659. The fourth-order valence-corrected chi connectivity index (χ4v) is 2.32. The van der Waals surface area contributed by atoms with Gasteiger partial charge in [0.25, 0.3) is 0 Å². The molecule has 1 aliphatic carbocycles. The molecule has 1 saturated carbocycles. The molecular weight excluding hydrogens is 240 g/mol. The van der Waals surface area contributed by atoms with Gasteiger partial charge in [0.15, 0.2) is 5.82 Å². The molecule has 0 radical (unpaired) electrons. The minimum absolute atomic E-state index is 0.659. The summed E-state index contributed by atoms with van der Waals surface area (Å²) in [4.78, 5) is 4.19. The lowest BCUT2D eigenvalue weighted by molar-refractivity contribution is 0.444.